The lowest BCUT2D eigenvalue weighted by molar-refractivity contribution is 0.785. The molecule has 0 aliphatic heterocycles. The third-order valence-electron chi connectivity index (χ3n) is 2.99. The van der Waals surface area contributed by atoms with E-state index in [1.165, 1.54) is 0 Å². The van der Waals surface area contributed by atoms with Crippen LogP contribution in [0, 0.1) is 6.92 Å². The molecule has 0 bridgehead atoms. The van der Waals surface area contributed by atoms with Gasteiger partial charge in [0.05, 0.1) is 0 Å². The Bertz CT molecular complexity index is 697. The average Bonchev–Trinajstić information content (AvgIpc) is 2.97. The number of fused-ring (bicyclic) bond motifs is 1. The highest BCUT2D eigenvalue weighted by Gasteiger charge is 2.05. The predicted molar refractivity (Wildman–Crippen MR) is 70.9 cm³/mol. The van der Waals surface area contributed by atoms with Crippen LogP contribution in [0.5, 0.6) is 0 Å². The maximum Gasteiger partial charge on any atom is 0.243 e. The molecule has 3 heterocycles. The number of hydrogen-bond donors (Lipinski definition) is 1. The first kappa shape index (κ1) is 11.6. The Morgan fingerprint density at radius 1 is 1.37 bits per heavy atom. The molecular weight excluding hydrogens is 242 g/mol. The first-order valence-corrected chi connectivity index (χ1v) is 6.13. The van der Waals surface area contributed by atoms with Crippen LogP contribution < -0.4 is 5.32 Å². The molecule has 3 aromatic heterocycles. The minimum atomic E-state index is 0.636. The molecule has 1 N–H and O–H groups in total. The van der Waals surface area contributed by atoms with Crippen molar-refractivity contribution in [2.24, 2.45) is 7.05 Å². The van der Waals surface area contributed by atoms with E-state index in [0.29, 0.717) is 5.95 Å². The van der Waals surface area contributed by atoms with E-state index in [4.69, 9.17) is 0 Å². The summed E-state index contributed by atoms with van der Waals surface area (Å²) >= 11 is 0. The molecule has 7 heteroatoms. The number of aryl methyl sites for hydroxylation is 2. The second-order valence-electron chi connectivity index (χ2n) is 4.43. The quantitative estimate of drug-likeness (QED) is 0.749. The van der Waals surface area contributed by atoms with E-state index in [9.17, 15) is 0 Å². The van der Waals surface area contributed by atoms with Gasteiger partial charge in [0, 0.05) is 26.2 Å². The van der Waals surface area contributed by atoms with Gasteiger partial charge in [-0.25, -0.2) is 4.52 Å². The molecule has 7 nitrogen and oxygen atoms in total. The van der Waals surface area contributed by atoms with Gasteiger partial charge in [-0.05, 0) is 18.6 Å². The fourth-order valence-corrected chi connectivity index (χ4v) is 1.93. The van der Waals surface area contributed by atoms with Gasteiger partial charge in [-0.15, -0.1) is 15.3 Å². The standard InChI is InChI=1S/C12H15N7/c1-9-4-3-7-19-11(9)15-12(17-19)13-6-5-10-16-14-8-18(10)2/h3-4,7-8H,5-6H2,1-2H3,(H,13,17). The van der Waals surface area contributed by atoms with Crippen molar-refractivity contribution in [2.45, 2.75) is 13.3 Å². The van der Waals surface area contributed by atoms with Gasteiger partial charge < -0.3 is 9.88 Å². The predicted octanol–water partition coefficient (Wildman–Crippen LogP) is 0.821. The summed E-state index contributed by atoms with van der Waals surface area (Å²) < 4.78 is 3.68. The van der Waals surface area contributed by atoms with Crippen LogP contribution in [0.2, 0.25) is 0 Å². The van der Waals surface area contributed by atoms with Gasteiger partial charge in [0.1, 0.15) is 12.2 Å². The van der Waals surface area contributed by atoms with Gasteiger partial charge in [-0.3, -0.25) is 0 Å². The fraction of sp³-hybridized carbons (Fsp3) is 0.333. The first-order valence-electron chi connectivity index (χ1n) is 6.13. The van der Waals surface area contributed by atoms with E-state index < -0.39 is 0 Å². The minimum absolute atomic E-state index is 0.636. The van der Waals surface area contributed by atoms with Crippen LogP contribution in [0.4, 0.5) is 5.95 Å². The highest BCUT2D eigenvalue weighted by molar-refractivity contribution is 5.49. The fourth-order valence-electron chi connectivity index (χ4n) is 1.93. The summed E-state index contributed by atoms with van der Waals surface area (Å²) in [6.45, 7) is 2.75. The SMILES string of the molecule is Cc1cccn2nc(NCCc3nncn3C)nc12. The highest BCUT2D eigenvalue weighted by Crippen LogP contribution is 2.09. The van der Waals surface area contributed by atoms with Crippen molar-refractivity contribution in [3.05, 3.63) is 36.0 Å². The summed E-state index contributed by atoms with van der Waals surface area (Å²) in [4.78, 5) is 4.45. The van der Waals surface area contributed by atoms with E-state index in [-0.39, 0.29) is 0 Å². The van der Waals surface area contributed by atoms with Crippen LogP contribution >= 0.6 is 0 Å². The molecule has 0 saturated heterocycles. The van der Waals surface area contributed by atoms with Crippen molar-refractivity contribution in [1.82, 2.24) is 29.4 Å². The molecule has 0 amide bonds. The molecule has 98 valence electrons. The maximum atomic E-state index is 4.45. The smallest absolute Gasteiger partial charge is 0.243 e. The van der Waals surface area contributed by atoms with Crippen LogP contribution in [0.15, 0.2) is 24.7 Å². The van der Waals surface area contributed by atoms with E-state index >= 15 is 0 Å². The largest absolute Gasteiger partial charge is 0.352 e. The summed E-state index contributed by atoms with van der Waals surface area (Å²) in [5, 5.41) is 15.4. The van der Waals surface area contributed by atoms with Crippen molar-refractivity contribution >= 4 is 11.6 Å². The zero-order valence-electron chi connectivity index (χ0n) is 10.9. The van der Waals surface area contributed by atoms with Crippen LogP contribution in [0.25, 0.3) is 5.65 Å². The van der Waals surface area contributed by atoms with Crippen molar-refractivity contribution < 1.29 is 0 Å². The molecule has 0 aliphatic carbocycles. The number of hydrogen-bond acceptors (Lipinski definition) is 5. The lowest BCUT2D eigenvalue weighted by atomic mass is 10.3. The number of rotatable bonds is 4. The molecule has 19 heavy (non-hydrogen) atoms. The Hall–Kier alpha value is -2.44. The molecule has 0 fully saturated rings. The highest BCUT2D eigenvalue weighted by atomic mass is 15.3. The first-order chi connectivity index (χ1) is 9.24. The second-order valence-corrected chi connectivity index (χ2v) is 4.43. The number of anilines is 1. The van der Waals surface area contributed by atoms with E-state index in [0.717, 1.165) is 30.0 Å². The third kappa shape index (κ3) is 2.26. The zero-order valence-corrected chi connectivity index (χ0v) is 10.9. The van der Waals surface area contributed by atoms with Crippen molar-refractivity contribution in [1.29, 1.82) is 0 Å². The second kappa shape index (κ2) is 4.68. The zero-order chi connectivity index (χ0) is 13.2. The Morgan fingerprint density at radius 3 is 3.00 bits per heavy atom. The molecule has 0 saturated carbocycles. The van der Waals surface area contributed by atoms with Crippen LogP contribution in [0.3, 0.4) is 0 Å². The van der Waals surface area contributed by atoms with Crippen LogP contribution in [0.1, 0.15) is 11.4 Å². The van der Waals surface area contributed by atoms with Gasteiger partial charge in [-0.1, -0.05) is 6.07 Å². The number of aromatic nitrogens is 6. The third-order valence-corrected chi connectivity index (χ3v) is 2.99. The molecule has 0 spiro atoms. The molecule has 0 radical (unpaired) electrons. The molecule has 0 aliphatic rings. The molecule has 3 aromatic rings. The lowest BCUT2D eigenvalue weighted by Crippen LogP contribution is -2.09. The van der Waals surface area contributed by atoms with Gasteiger partial charge in [0.15, 0.2) is 5.65 Å². The lowest BCUT2D eigenvalue weighted by Gasteiger charge is -2.00. The van der Waals surface area contributed by atoms with Gasteiger partial charge in [-0.2, -0.15) is 4.98 Å². The summed E-state index contributed by atoms with van der Waals surface area (Å²) in [5.41, 5.74) is 1.99. The number of nitrogens with one attached hydrogen (secondary N) is 1. The van der Waals surface area contributed by atoms with Crippen molar-refractivity contribution in [3.8, 4) is 0 Å². The average molecular weight is 257 g/mol. The Labute approximate surface area is 110 Å². The number of nitrogens with zero attached hydrogens (tertiary/aromatic N) is 6. The van der Waals surface area contributed by atoms with E-state index in [1.54, 1.807) is 10.8 Å². The molecule has 0 unspecified atom stereocenters. The normalized spacial score (nSPS) is 11.1. The van der Waals surface area contributed by atoms with Crippen LogP contribution in [-0.2, 0) is 13.5 Å². The van der Waals surface area contributed by atoms with Crippen molar-refractivity contribution in [3.63, 3.8) is 0 Å². The van der Waals surface area contributed by atoms with E-state index in [2.05, 4.69) is 25.6 Å². The Morgan fingerprint density at radius 2 is 2.26 bits per heavy atom. The Balaban J connectivity index is 1.69. The molecule has 0 aromatic carbocycles. The summed E-state index contributed by atoms with van der Waals surface area (Å²) in [6, 6.07) is 3.98. The maximum absolute atomic E-state index is 4.45. The molecule has 3 rings (SSSR count). The van der Waals surface area contributed by atoms with E-state index in [1.807, 2.05) is 36.9 Å². The summed E-state index contributed by atoms with van der Waals surface area (Å²) in [7, 11) is 1.93. The molecular formula is C12H15N7. The minimum Gasteiger partial charge on any atom is -0.352 e. The summed E-state index contributed by atoms with van der Waals surface area (Å²) in [5.74, 6) is 1.57. The molecule has 0 atom stereocenters. The van der Waals surface area contributed by atoms with Crippen molar-refractivity contribution in [2.75, 3.05) is 11.9 Å². The topological polar surface area (TPSA) is 72.9 Å². The number of pyridine rings is 1. The van der Waals surface area contributed by atoms with Crippen LogP contribution in [-0.4, -0.2) is 35.9 Å². The van der Waals surface area contributed by atoms with Gasteiger partial charge in [0.2, 0.25) is 5.95 Å². The van der Waals surface area contributed by atoms with Gasteiger partial charge >= 0.3 is 0 Å². The summed E-state index contributed by atoms with van der Waals surface area (Å²) in [6.07, 6.45) is 4.37. The Kier molecular flexibility index (Phi) is 2.86. The monoisotopic (exact) mass is 257 g/mol. The van der Waals surface area contributed by atoms with Gasteiger partial charge in [0.25, 0.3) is 0 Å².